The molecule has 4 heterocycles. The van der Waals surface area contributed by atoms with Gasteiger partial charge in [0.1, 0.15) is 11.9 Å². The van der Waals surface area contributed by atoms with Crippen LogP contribution in [0, 0.1) is 19.3 Å². The molecule has 3 aliphatic heterocycles. The number of nitrogens with zero attached hydrogens (tertiary/aromatic N) is 3. The maximum absolute atomic E-state index is 12.6. The van der Waals surface area contributed by atoms with E-state index >= 15 is 0 Å². The summed E-state index contributed by atoms with van der Waals surface area (Å²) in [5, 5.41) is 4.04. The number of ether oxygens (including phenoxy) is 2. The molecule has 4 rings (SSSR count). The van der Waals surface area contributed by atoms with Gasteiger partial charge in [-0.3, -0.25) is 14.6 Å². The van der Waals surface area contributed by atoms with Crippen molar-refractivity contribution in [3.8, 4) is 0 Å². The number of hydrogen-bond acceptors (Lipinski definition) is 7. The lowest BCUT2D eigenvalue weighted by molar-refractivity contribution is -0.151. The van der Waals surface area contributed by atoms with Crippen LogP contribution < -0.4 is 0 Å². The second kappa shape index (κ2) is 7.29. The monoisotopic (exact) mass is 363 g/mol. The summed E-state index contributed by atoms with van der Waals surface area (Å²) in [4.78, 5) is 17.4. The zero-order chi connectivity index (χ0) is 18.1. The minimum absolute atomic E-state index is 0.0211. The molecule has 144 valence electrons. The summed E-state index contributed by atoms with van der Waals surface area (Å²) < 4.78 is 16.4. The van der Waals surface area contributed by atoms with Crippen LogP contribution in [0.3, 0.4) is 0 Å². The summed E-state index contributed by atoms with van der Waals surface area (Å²) in [7, 11) is 0. The molecule has 0 aromatic carbocycles. The molecule has 0 amide bonds. The Labute approximate surface area is 154 Å². The zero-order valence-electron chi connectivity index (χ0n) is 15.8. The van der Waals surface area contributed by atoms with Crippen LogP contribution >= 0.6 is 0 Å². The van der Waals surface area contributed by atoms with Crippen LogP contribution in [0.2, 0.25) is 0 Å². The predicted molar refractivity (Wildman–Crippen MR) is 94.7 cm³/mol. The molecule has 1 aromatic rings. The Balaban J connectivity index is 1.32. The first-order valence-corrected chi connectivity index (χ1v) is 9.71. The van der Waals surface area contributed by atoms with Crippen LogP contribution in [-0.4, -0.2) is 73.0 Å². The highest BCUT2D eigenvalue weighted by Crippen LogP contribution is 2.43. The Morgan fingerprint density at radius 3 is 2.50 bits per heavy atom. The molecular formula is C19H29N3O4. The third-order valence-corrected chi connectivity index (χ3v) is 6.27. The number of esters is 1. The third-order valence-electron chi connectivity index (χ3n) is 6.27. The topological polar surface area (TPSA) is 68.0 Å². The standard InChI is InChI=1S/C19H29N3O4/c1-14-17(15(2)26-20-14)13-21-5-3-19(4-6-21)11-16(25-18(19)23)12-22-7-9-24-10-8-22/h16H,3-13H2,1-2H3. The van der Waals surface area contributed by atoms with E-state index < -0.39 is 0 Å². The van der Waals surface area contributed by atoms with Gasteiger partial charge in [0.2, 0.25) is 0 Å². The lowest BCUT2D eigenvalue weighted by atomic mass is 9.76. The van der Waals surface area contributed by atoms with Crippen LogP contribution in [0.25, 0.3) is 0 Å². The number of morpholine rings is 1. The molecule has 0 radical (unpaired) electrons. The van der Waals surface area contributed by atoms with Gasteiger partial charge in [-0.15, -0.1) is 0 Å². The van der Waals surface area contributed by atoms with E-state index in [0.717, 1.165) is 83.2 Å². The number of hydrogen-bond donors (Lipinski definition) is 0. The first-order valence-electron chi connectivity index (χ1n) is 9.71. The largest absolute Gasteiger partial charge is 0.461 e. The fourth-order valence-electron chi connectivity index (χ4n) is 4.51. The molecule has 1 unspecified atom stereocenters. The van der Waals surface area contributed by atoms with E-state index in [2.05, 4.69) is 15.0 Å². The molecule has 1 aromatic heterocycles. The second-order valence-corrected chi connectivity index (χ2v) is 8.00. The molecule has 1 spiro atoms. The van der Waals surface area contributed by atoms with Gasteiger partial charge in [0, 0.05) is 38.2 Å². The van der Waals surface area contributed by atoms with Crippen LogP contribution in [0.15, 0.2) is 4.52 Å². The van der Waals surface area contributed by atoms with Crippen molar-refractivity contribution in [1.82, 2.24) is 15.0 Å². The number of rotatable bonds is 4. The maximum atomic E-state index is 12.6. The van der Waals surface area contributed by atoms with Gasteiger partial charge >= 0.3 is 5.97 Å². The molecule has 3 aliphatic rings. The summed E-state index contributed by atoms with van der Waals surface area (Å²) in [5.74, 6) is 0.918. The molecule has 0 bridgehead atoms. The van der Waals surface area contributed by atoms with Crippen LogP contribution in [0.1, 0.15) is 36.3 Å². The van der Waals surface area contributed by atoms with Gasteiger partial charge in [-0.05, 0) is 39.8 Å². The van der Waals surface area contributed by atoms with E-state index in [4.69, 9.17) is 14.0 Å². The van der Waals surface area contributed by atoms with Gasteiger partial charge in [-0.25, -0.2) is 0 Å². The Morgan fingerprint density at radius 1 is 1.12 bits per heavy atom. The highest BCUT2D eigenvalue weighted by Gasteiger charge is 2.50. The number of carbonyl (C=O) groups is 1. The molecule has 0 N–H and O–H groups in total. The molecular weight excluding hydrogens is 334 g/mol. The van der Waals surface area contributed by atoms with Gasteiger partial charge in [-0.2, -0.15) is 0 Å². The average molecular weight is 363 g/mol. The summed E-state index contributed by atoms with van der Waals surface area (Å²) in [6, 6.07) is 0. The molecule has 7 nitrogen and oxygen atoms in total. The molecule has 7 heteroatoms. The van der Waals surface area contributed by atoms with Gasteiger partial charge < -0.3 is 14.0 Å². The Bertz CT molecular complexity index is 626. The average Bonchev–Trinajstić information content (AvgIpc) is 3.11. The Kier molecular flexibility index (Phi) is 5.03. The minimum Gasteiger partial charge on any atom is -0.461 e. The molecule has 0 saturated carbocycles. The first kappa shape index (κ1) is 17.9. The maximum Gasteiger partial charge on any atom is 0.312 e. The van der Waals surface area contributed by atoms with Crippen LogP contribution in [-0.2, 0) is 20.8 Å². The van der Waals surface area contributed by atoms with Crippen molar-refractivity contribution < 1.29 is 18.8 Å². The number of aryl methyl sites for hydroxylation is 2. The predicted octanol–water partition coefficient (Wildman–Crippen LogP) is 1.52. The van der Waals surface area contributed by atoms with Gasteiger partial charge in [-0.1, -0.05) is 5.16 Å². The van der Waals surface area contributed by atoms with Crippen LogP contribution in [0.5, 0.6) is 0 Å². The normalized spacial score (nSPS) is 27.2. The molecule has 26 heavy (non-hydrogen) atoms. The van der Waals surface area contributed by atoms with E-state index in [1.807, 2.05) is 13.8 Å². The number of likely N-dealkylation sites (tertiary alicyclic amines) is 1. The molecule has 3 fully saturated rings. The van der Waals surface area contributed by atoms with Crippen LogP contribution in [0.4, 0.5) is 0 Å². The van der Waals surface area contributed by atoms with E-state index in [1.165, 1.54) is 5.56 Å². The lowest BCUT2D eigenvalue weighted by Crippen LogP contribution is -2.43. The van der Waals surface area contributed by atoms with Gasteiger partial charge in [0.05, 0.1) is 24.3 Å². The zero-order valence-corrected chi connectivity index (χ0v) is 15.8. The number of carbonyl (C=O) groups excluding carboxylic acids is 1. The summed E-state index contributed by atoms with van der Waals surface area (Å²) in [6.45, 7) is 10.9. The van der Waals surface area contributed by atoms with Gasteiger partial charge in [0.15, 0.2) is 0 Å². The summed E-state index contributed by atoms with van der Waals surface area (Å²) in [5.41, 5.74) is 1.88. The second-order valence-electron chi connectivity index (χ2n) is 8.00. The summed E-state index contributed by atoms with van der Waals surface area (Å²) in [6.07, 6.45) is 2.67. The van der Waals surface area contributed by atoms with Crippen molar-refractivity contribution >= 4 is 5.97 Å². The Morgan fingerprint density at radius 2 is 1.85 bits per heavy atom. The van der Waals surface area contributed by atoms with Crippen molar-refractivity contribution in [3.63, 3.8) is 0 Å². The Hall–Kier alpha value is -1.44. The summed E-state index contributed by atoms with van der Waals surface area (Å²) >= 11 is 0. The number of aromatic nitrogens is 1. The molecule has 0 aliphatic carbocycles. The highest BCUT2D eigenvalue weighted by atomic mass is 16.6. The lowest BCUT2D eigenvalue weighted by Gasteiger charge is -2.36. The highest BCUT2D eigenvalue weighted by molar-refractivity contribution is 5.79. The van der Waals surface area contributed by atoms with Crippen molar-refractivity contribution in [2.24, 2.45) is 5.41 Å². The smallest absolute Gasteiger partial charge is 0.312 e. The van der Waals surface area contributed by atoms with E-state index in [1.54, 1.807) is 0 Å². The fraction of sp³-hybridized carbons (Fsp3) is 0.789. The third kappa shape index (κ3) is 3.52. The van der Waals surface area contributed by atoms with E-state index in [-0.39, 0.29) is 17.5 Å². The minimum atomic E-state index is -0.272. The fourth-order valence-corrected chi connectivity index (χ4v) is 4.51. The number of cyclic esters (lactones) is 1. The van der Waals surface area contributed by atoms with Crippen molar-refractivity contribution in [3.05, 3.63) is 17.0 Å². The first-order chi connectivity index (χ1) is 12.6. The van der Waals surface area contributed by atoms with Crippen molar-refractivity contribution in [1.29, 1.82) is 0 Å². The van der Waals surface area contributed by atoms with Crippen molar-refractivity contribution in [2.45, 2.75) is 45.8 Å². The number of piperidine rings is 1. The SMILES string of the molecule is Cc1noc(C)c1CN1CCC2(CC1)CC(CN1CCOCC1)OC2=O. The van der Waals surface area contributed by atoms with Crippen molar-refractivity contribution in [2.75, 3.05) is 45.9 Å². The van der Waals surface area contributed by atoms with E-state index in [9.17, 15) is 4.79 Å². The van der Waals surface area contributed by atoms with E-state index in [0.29, 0.717) is 0 Å². The van der Waals surface area contributed by atoms with Gasteiger partial charge in [0.25, 0.3) is 0 Å². The quantitative estimate of drug-likeness (QED) is 0.751. The molecule has 3 saturated heterocycles. The molecule has 1 atom stereocenters.